The minimum Gasteiger partial charge on any atom is -0.329 e. The number of para-hydroxylation sites is 1. The molecule has 1 aromatic carbocycles. The summed E-state index contributed by atoms with van der Waals surface area (Å²) in [5, 5.41) is 4.07. The Labute approximate surface area is 118 Å². The maximum atomic E-state index is 12.2. The fraction of sp³-hybridized carbons (Fsp3) is 0.308. The van der Waals surface area contributed by atoms with E-state index in [-0.39, 0.29) is 11.4 Å². The first-order chi connectivity index (χ1) is 9.34. The Morgan fingerprint density at radius 2 is 1.95 bits per heavy atom. The number of benzene rings is 1. The number of hydrogen-bond donors (Lipinski definition) is 2. The van der Waals surface area contributed by atoms with Gasteiger partial charge in [0.15, 0.2) is 0 Å². The van der Waals surface area contributed by atoms with Crippen molar-refractivity contribution in [1.29, 1.82) is 0 Å². The van der Waals surface area contributed by atoms with E-state index in [9.17, 15) is 8.42 Å². The van der Waals surface area contributed by atoms with E-state index in [0.29, 0.717) is 0 Å². The van der Waals surface area contributed by atoms with Crippen LogP contribution in [-0.4, -0.2) is 30.3 Å². The molecule has 7 heteroatoms. The van der Waals surface area contributed by atoms with Gasteiger partial charge in [0.25, 0.3) is 0 Å². The van der Waals surface area contributed by atoms with Crippen molar-refractivity contribution in [2.45, 2.75) is 24.3 Å². The molecule has 0 saturated carbocycles. The highest BCUT2D eigenvalue weighted by Crippen LogP contribution is 2.14. The lowest BCUT2D eigenvalue weighted by molar-refractivity contribution is 0.462. The van der Waals surface area contributed by atoms with Crippen LogP contribution < -0.4 is 10.5 Å². The van der Waals surface area contributed by atoms with E-state index < -0.39 is 15.6 Å². The van der Waals surface area contributed by atoms with Gasteiger partial charge < -0.3 is 5.73 Å². The minimum atomic E-state index is -3.63. The Kier molecular flexibility index (Phi) is 3.94. The third-order valence-corrected chi connectivity index (χ3v) is 4.46. The molecule has 0 fully saturated rings. The number of nitrogens with zero attached hydrogens (tertiary/aromatic N) is 2. The van der Waals surface area contributed by atoms with Crippen LogP contribution in [-0.2, 0) is 10.0 Å². The maximum Gasteiger partial charge on any atom is 0.244 e. The fourth-order valence-corrected chi connectivity index (χ4v) is 2.98. The van der Waals surface area contributed by atoms with Crippen molar-refractivity contribution in [3.05, 3.63) is 42.7 Å². The van der Waals surface area contributed by atoms with E-state index in [4.69, 9.17) is 5.73 Å². The molecule has 0 unspecified atom stereocenters. The largest absolute Gasteiger partial charge is 0.329 e. The second-order valence-electron chi connectivity index (χ2n) is 5.15. The van der Waals surface area contributed by atoms with Crippen LogP contribution in [0.4, 0.5) is 0 Å². The average molecular weight is 294 g/mol. The highest BCUT2D eigenvalue weighted by atomic mass is 32.2. The molecule has 108 valence electrons. The van der Waals surface area contributed by atoms with E-state index >= 15 is 0 Å². The Balaban J connectivity index is 2.29. The van der Waals surface area contributed by atoms with Crippen LogP contribution in [0.25, 0.3) is 5.69 Å². The quantitative estimate of drug-likeness (QED) is 0.857. The predicted octanol–water partition coefficient (Wildman–Crippen LogP) is 0.888. The molecule has 0 amide bonds. The van der Waals surface area contributed by atoms with Crippen molar-refractivity contribution >= 4 is 10.0 Å². The number of sulfonamides is 1. The summed E-state index contributed by atoms with van der Waals surface area (Å²) < 4.78 is 28.5. The summed E-state index contributed by atoms with van der Waals surface area (Å²) >= 11 is 0. The molecule has 0 atom stereocenters. The van der Waals surface area contributed by atoms with Crippen molar-refractivity contribution < 1.29 is 8.42 Å². The maximum absolute atomic E-state index is 12.2. The number of rotatable bonds is 5. The first-order valence-electron chi connectivity index (χ1n) is 6.18. The van der Waals surface area contributed by atoms with Gasteiger partial charge in [-0.1, -0.05) is 18.2 Å². The van der Waals surface area contributed by atoms with Crippen LogP contribution in [0, 0.1) is 0 Å². The summed E-state index contributed by atoms with van der Waals surface area (Å²) in [6.07, 6.45) is 2.80. The lowest BCUT2D eigenvalue weighted by atomic mass is 10.1. The highest BCUT2D eigenvalue weighted by Gasteiger charge is 2.26. The summed E-state index contributed by atoms with van der Waals surface area (Å²) in [5.74, 6) is 0. The number of hydrogen-bond acceptors (Lipinski definition) is 4. The van der Waals surface area contributed by atoms with Gasteiger partial charge in [0.1, 0.15) is 4.90 Å². The normalized spacial score (nSPS) is 12.6. The first kappa shape index (κ1) is 14.7. The number of aromatic nitrogens is 2. The lowest BCUT2D eigenvalue weighted by Crippen LogP contribution is -2.48. The third-order valence-electron chi connectivity index (χ3n) is 2.81. The fourth-order valence-electron chi connectivity index (χ4n) is 1.63. The number of nitrogens with two attached hydrogens (primary N) is 1. The lowest BCUT2D eigenvalue weighted by Gasteiger charge is -2.23. The standard InChI is InChI=1S/C13H18N4O2S/c1-13(2,10-14)16-20(18,19)12-8-15-17(9-12)11-6-4-3-5-7-11/h3-9,16H,10,14H2,1-2H3. The second kappa shape index (κ2) is 5.35. The molecule has 0 bridgehead atoms. The minimum absolute atomic E-state index is 0.114. The zero-order valence-electron chi connectivity index (χ0n) is 11.4. The zero-order valence-corrected chi connectivity index (χ0v) is 12.3. The molecule has 0 aliphatic carbocycles. The van der Waals surface area contributed by atoms with Crippen molar-refractivity contribution in [2.24, 2.45) is 5.73 Å². The molecule has 0 aliphatic heterocycles. The Morgan fingerprint density at radius 3 is 2.55 bits per heavy atom. The SMILES string of the molecule is CC(C)(CN)NS(=O)(=O)c1cnn(-c2ccccc2)c1. The van der Waals surface area contributed by atoms with Gasteiger partial charge in [0, 0.05) is 12.1 Å². The van der Waals surface area contributed by atoms with Gasteiger partial charge in [-0.05, 0) is 26.0 Å². The van der Waals surface area contributed by atoms with Gasteiger partial charge in [-0.2, -0.15) is 5.10 Å². The molecule has 3 N–H and O–H groups in total. The van der Waals surface area contributed by atoms with Gasteiger partial charge in [-0.3, -0.25) is 0 Å². The topological polar surface area (TPSA) is 90.0 Å². The van der Waals surface area contributed by atoms with Crippen LogP contribution in [0.15, 0.2) is 47.6 Å². The van der Waals surface area contributed by atoms with Gasteiger partial charge in [0.2, 0.25) is 10.0 Å². The van der Waals surface area contributed by atoms with Crippen molar-refractivity contribution in [3.8, 4) is 5.69 Å². The Hall–Kier alpha value is -1.70. The summed E-state index contributed by atoms with van der Waals surface area (Å²) in [6.45, 7) is 3.66. The van der Waals surface area contributed by atoms with Gasteiger partial charge in [-0.25, -0.2) is 17.8 Å². The van der Waals surface area contributed by atoms with Gasteiger partial charge in [-0.15, -0.1) is 0 Å². The molecule has 0 aliphatic rings. The molecule has 6 nitrogen and oxygen atoms in total. The Morgan fingerprint density at radius 1 is 1.30 bits per heavy atom. The van der Waals surface area contributed by atoms with E-state index in [1.807, 2.05) is 30.3 Å². The van der Waals surface area contributed by atoms with Gasteiger partial charge in [0.05, 0.1) is 18.1 Å². The molecular weight excluding hydrogens is 276 g/mol. The van der Waals surface area contributed by atoms with Crippen LogP contribution in [0.1, 0.15) is 13.8 Å². The summed E-state index contributed by atoms with van der Waals surface area (Å²) in [4.78, 5) is 0.114. The predicted molar refractivity (Wildman–Crippen MR) is 77.0 cm³/mol. The zero-order chi connectivity index (χ0) is 14.8. The van der Waals surface area contributed by atoms with Crippen LogP contribution in [0.5, 0.6) is 0 Å². The molecule has 20 heavy (non-hydrogen) atoms. The summed E-state index contributed by atoms with van der Waals surface area (Å²) in [7, 11) is -3.63. The summed E-state index contributed by atoms with van der Waals surface area (Å²) in [6, 6.07) is 9.30. The van der Waals surface area contributed by atoms with Crippen LogP contribution >= 0.6 is 0 Å². The van der Waals surface area contributed by atoms with Crippen molar-refractivity contribution in [3.63, 3.8) is 0 Å². The highest BCUT2D eigenvalue weighted by molar-refractivity contribution is 7.89. The van der Waals surface area contributed by atoms with Crippen LogP contribution in [0.3, 0.4) is 0 Å². The molecule has 0 saturated heterocycles. The first-order valence-corrected chi connectivity index (χ1v) is 7.66. The molecule has 2 rings (SSSR count). The van der Waals surface area contributed by atoms with E-state index in [2.05, 4.69) is 9.82 Å². The van der Waals surface area contributed by atoms with Crippen molar-refractivity contribution in [1.82, 2.24) is 14.5 Å². The molecule has 2 aromatic rings. The number of nitrogens with one attached hydrogen (secondary N) is 1. The monoisotopic (exact) mass is 294 g/mol. The molecular formula is C13H18N4O2S. The van der Waals surface area contributed by atoms with E-state index in [0.717, 1.165) is 5.69 Å². The molecule has 0 spiro atoms. The van der Waals surface area contributed by atoms with Crippen molar-refractivity contribution in [2.75, 3.05) is 6.54 Å². The molecule has 1 heterocycles. The smallest absolute Gasteiger partial charge is 0.244 e. The summed E-state index contributed by atoms with van der Waals surface area (Å²) in [5.41, 5.74) is 5.64. The Bertz CT molecular complexity index is 677. The van der Waals surface area contributed by atoms with Crippen LogP contribution in [0.2, 0.25) is 0 Å². The van der Waals surface area contributed by atoms with E-state index in [1.54, 1.807) is 13.8 Å². The second-order valence-corrected chi connectivity index (χ2v) is 6.83. The molecule has 1 aromatic heterocycles. The third kappa shape index (κ3) is 3.24. The molecule has 0 radical (unpaired) electrons. The van der Waals surface area contributed by atoms with E-state index in [1.165, 1.54) is 17.1 Å². The average Bonchev–Trinajstić information content (AvgIpc) is 2.89. The van der Waals surface area contributed by atoms with Gasteiger partial charge >= 0.3 is 0 Å².